The quantitative estimate of drug-likeness (QED) is 0.857. The Balaban J connectivity index is 1.56. The third kappa shape index (κ3) is 4.13. The molecule has 1 aliphatic carbocycles. The highest BCUT2D eigenvalue weighted by Gasteiger charge is 2.14. The summed E-state index contributed by atoms with van der Waals surface area (Å²) in [6.07, 6.45) is 6.79. The van der Waals surface area contributed by atoms with Crippen molar-refractivity contribution in [3.63, 3.8) is 0 Å². The second-order valence-electron chi connectivity index (χ2n) is 6.37. The zero-order chi connectivity index (χ0) is 16.1. The van der Waals surface area contributed by atoms with Gasteiger partial charge in [0.2, 0.25) is 5.91 Å². The SMILES string of the molecule is NC(=O)c1ccc(CNc2ccc(C3CCCCC3)cc2)cc1. The number of amides is 1. The largest absolute Gasteiger partial charge is 0.381 e. The van der Waals surface area contributed by atoms with E-state index >= 15 is 0 Å². The maximum absolute atomic E-state index is 11.1. The molecule has 0 aliphatic heterocycles. The molecule has 2 aromatic carbocycles. The fourth-order valence-corrected chi connectivity index (χ4v) is 3.30. The molecule has 3 nitrogen and oxygen atoms in total. The van der Waals surface area contributed by atoms with Crippen molar-refractivity contribution in [2.24, 2.45) is 5.73 Å². The van der Waals surface area contributed by atoms with E-state index in [4.69, 9.17) is 5.73 Å². The molecule has 1 saturated carbocycles. The minimum Gasteiger partial charge on any atom is -0.381 e. The van der Waals surface area contributed by atoms with Gasteiger partial charge in [-0.3, -0.25) is 4.79 Å². The fourth-order valence-electron chi connectivity index (χ4n) is 3.30. The number of hydrogen-bond acceptors (Lipinski definition) is 2. The molecule has 0 atom stereocenters. The molecule has 0 aromatic heterocycles. The molecule has 120 valence electrons. The molecule has 0 radical (unpaired) electrons. The third-order valence-corrected chi connectivity index (χ3v) is 4.72. The van der Waals surface area contributed by atoms with Crippen LogP contribution in [0.3, 0.4) is 0 Å². The maximum Gasteiger partial charge on any atom is 0.248 e. The van der Waals surface area contributed by atoms with E-state index in [9.17, 15) is 4.79 Å². The van der Waals surface area contributed by atoms with Gasteiger partial charge in [0, 0.05) is 17.8 Å². The van der Waals surface area contributed by atoms with E-state index in [2.05, 4.69) is 29.6 Å². The molecule has 3 heteroatoms. The van der Waals surface area contributed by atoms with E-state index in [-0.39, 0.29) is 5.91 Å². The maximum atomic E-state index is 11.1. The van der Waals surface area contributed by atoms with Gasteiger partial charge in [0.25, 0.3) is 0 Å². The lowest BCUT2D eigenvalue weighted by atomic mass is 9.84. The van der Waals surface area contributed by atoms with Gasteiger partial charge in [0.1, 0.15) is 0 Å². The Kier molecular flexibility index (Phi) is 4.96. The summed E-state index contributed by atoms with van der Waals surface area (Å²) in [5, 5.41) is 3.42. The van der Waals surface area contributed by atoms with Crippen LogP contribution in [0.1, 0.15) is 59.5 Å². The summed E-state index contributed by atoms with van der Waals surface area (Å²) in [5.74, 6) is 0.363. The molecule has 3 rings (SSSR count). The van der Waals surface area contributed by atoms with E-state index in [1.165, 1.54) is 37.7 Å². The van der Waals surface area contributed by atoms with E-state index in [1.807, 2.05) is 12.1 Å². The fraction of sp³-hybridized carbons (Fsp3) is 0.350. The van der Waals surface area contributed by atoms with Crippen molar-refractivity contribution in [1.82, 2.24) is 0 Å². The second kappa shape index (κ2) is 7.32. The van der Waals surface area contributed by atoms with Crippen molar-refractivity contribution in [1.29, 1.82) is 0 Å². The molecule has 1 fully saturated rings. The number of rotatable bonds is 5. The van der Waals surface area contributed by atoms with Gasteiger partial charge in [-0.15, -0.1) is 0 Å². The van der Waals surface area contributed by atoms with Crippen molar-refractivity contribution in [2.45, 2.75) is 44.6 Å². The molecule has 0 spiro atoms. The highest BCUT2D eigenvalue weighted by Crippen LogP contribution is 2.32. The number of anilines is 1. The first-order valence-corrected chi connectivity index (χ1v) is 8.45. The zero-order valence-electron chi connectivity index (χ0n) is 13.4. The Labute approximate surface area is 137 Å². The summed E-state index contributed by atoms with van der Waals surface area (Å²) in [4.78, 5) is 11.1. The van der Waals surface area contributed by atoms with E-state index in [0.29, 0.717) is 5.56 Å². The highest BCUT2D eigenvalue weighted by atomic mass is 16.1. The average Bonchev–Trinajstić information content (AvgIpc) is 2.61. The first-order chi connectivity index (χ1) is 11.2. The predicted molar refractivity (Wildman–Crippen MR) is 94.6 cm³/mol. The lowest BCUT2D eigenvalue weighted by Gasteiger charge is -2.22. The van der Waals surface area contributed by atoms with Crippen molar-refractivity contribution in [3.05, 3.63) is 65.2 Å². The molecular weight excluding hydrogens is 284 g/mol. The van der Waals surface area contributed by atoms with Gasteiger partial charge in [-0.05, 0) is 54.2 Å². The summed E-state index contributed by atoms with van der Waals surface area (Å²) in [5.41, 5.74) is 9.53. The molecule has 3 N–H and O–H groups in total. The molecule has 23 heavy (non-hydrogen) atoms. The van der Waals surface area contributed by atoms with Crippen LogP contribution in [-0.2, 0) is 6.54 Å². The Morgan fingerprint density at radius 2 is 1.61 bits per heavy atom. The van der Waals surface area contributed by atoms with Crippen LogP contribution in [0.25, 0.3) is 0 Å². The standard InChI is InChI=1S/C20H24N2O/c21-20(23)18-8-6-15(7-9-18)14-22-19-12-10-17(11-13-19)16-4-2-1-3-5-16/h6-13,16,22H,1-5,14H2,(H2,21,23). The summed E-state index contributed by atoms with van der Waals surface area (Å²) in [6.45, 7) is 0.738. The lowest BCUT2D eigenvalue weighted by molar-refractivity contribution is 0.100. The van der Waals surface area contributed by atoms with Gasteiger partial charge in [-0.2, -0.15) is 0 Å². The lowest BCUT2D eigenvalue weighted by Crippen LogP contribution is -2.10. The minimum absolute atomic E-state index is 0.386. The number of carbonyl (C=O) groups excluding carboxylic acids is 1. The van der Waals surface area contributed by atoms with E-state index in [1.54, 1.807) is 12.1 Å². The van der Waals surface area contributed by atoms with E-state index < -0.39 is 0 Å². The number of primary amides is 1. The van der Waals surface area contributed by atoms with Crippen LogP contribution in [0.4, 0.5) is 5.69 Å². The van der Waals surface area contributed by atoms with Crippen LogP contribution in [0, 0.1) is 0 Å². The van der Waals surface area contributed by atoms with Gasteiger partial charge in [-0.25, -0.2) is 0 Å². The van der Waals surface area contributed by atoms with Crippen LogP contribution in [-0.4, -0.2) is 5.91 Å². The van der Waals surface area contributed by atoms with Gasteiger partial charge in [-0.1, -0.05) is 43.5 Å². The van der Waals surface area contributed by atoms with Gasteiger partial charge < -0.3 is 11.1 Å². The minimum atomic E-state index is -0.386. The average molecular weight is 308 g/mol. The Morgan fingerprint density at radius 3 is 2.22 bits per heavy atom. The van der Waals surface area contributed by atoms with Crippen LogP contribution >= 0.6 is 0 Å². The molecule has 0 unspecified atom stereocenters. The van der Waals surface area contributed by atoms with Crippen LogP contribution in [0.15, 0.2) is 48.5 Å². The molecular formula is C20H24N2O. The molecule has 0 heterocycles. The third-order valence-electron chi connectivity index (χ3n) is 4.72. The van der Waals surface area contributed by atoms with Crippen molar-refractivity contribution in [2.75, 3.05) is 5.32 Å². The summed E-state index contributed by atoms with van der Waals surface area (Å²) in [6, 6.07) is 16.3. The van der Waals surface area contributed by atoms with Crippen LogP contribution in [0.5, 0.6) is 0 Å². The Morgan fingerprint density at radius 1 is 0.957 bits per heavy atom. The highest BCUT2D eigenvalue weighted by molar-refractivity contribution is 5.92. The van der Waals surface area contributed by atoms with Crippen molar-refractivity contribution < 1.29 is 4.79 Å². The molecule has 0 bridgehead atoms. The zero-order valence-corrected chi connectivity index (χ0v) is 13.4. The first-order valence-electron chi connectivity index (χ1n) is 8.45. The Bertz CT molecular complexity index is 640. The van der Waals surface area contributed by atoms with Gasteiger partial charge in [0.05, 0.1) is 0 Å². The first kappa shape index (κ1) is 15.6. The summed E-state index contributed by atoms with van der Waals surface area (Å²) >= 11 is 0. The van der Waals surface area contributed by atoms with Gasteiger partial charge in [0.15, 0.2) is 0 Å². The van der Waals surface area contributed by atoms with Gasteiger partial charge >= 0.3 is 0 Å². The number of benzene rings is 2. The number of nitrogens with one attached hydrogen (secondary N) is 1. The molecule has 0 saturated heterocycles. The van der Waals surface area contributed by atoms with E-state index in [0.717, 1.165) is 23.7 Å². The summed E-state index contributed by atoms with van der Waals surface area (Å²) in [7, 11) is 0. The molecule has 2 aromatic rings. The number of carbonyl (C=O) groups is 1. The molecule has 1 aliphatic rings. The predicted octanol–water partition coefficient (Wildman–Crippen LogP) is 4.45. The Hall–Kier alpha value is -2.29. The number of hydrogen-bond donors (Lipinski definition) is 2. The molecule has 1 amide bonds. The van der Waals surface area contributed by atoms with Crippen molar-refractivity contribution >= 4 is 11.6 Å². The number of nitrogens with two attached hydrogens (primary N) is 1. The van der Waals surface area contributed by atoms with Crippen LogP contribution in [0.2, 0.25) is 0 Å². The van der Waals surface area contributed by atoms with Crippen molar-refractivity contribution in [3.8, 4) is 0 Å². The normalized spacial score (nSPS) is 15.3. The smallest absolute Gasteiger partial charge is 0.248 e. The topological polar surface area (TPSA) is 55.1 Å². The second-order valence-corrected chi connectivity index (χ2v) is 6.37. The van der Waals surface area contributed by atoms with Crippen LogP contribution < -0.4 is 11.1 Å². The monoisotopic (exact) mass is 308 g/mol. The summed E-state index contributed by atoms with van der Waals surface area (Å²) < 4.78 is 0.